The van der Waals surface area contributed by atoms with Gasteiger partial charge in [-0.3, -0.25) is 4.79 Å². The molecule has 5 heteroatoms. The highest BCUT2D eigenvalue weighted by Gasteiger charge is 2.30. The molecule has 1 atom stereocenters. The summed E-state index contributed by atoms with van der Waals surface area (Å²) in [6.07, 6.45) is -0.619. The second-order valence-electron chi connectivity index (χ2n) is 4.57. The van der Waals surface area contributed by atoms with Gasteiger partial charge >= 0.3 is 0 Å². The van der Waals surface area contributed by atoms with Crippen molar-refractivity contribution >= 4 is 5.78 Å². The molecule has 1 aliphatic heterocycles. The van der Waals surface area contributed by atoms with Gasteiger partial charge in [-0.25, -0.2) is 0 Å². The standard InChI is InChI=1S/C15H12O5/c16-9-3-1-8(2-4-9)13-7-12(19)15-11(18)5-10(17)6-14(15)20-13/h1-6,13,16-18H,7H2/t13-/m0/s1/i6D. The lowest BCUT2D eigenvalue weighted by Gasteiger charge is -2.26. The van der Waals surface area contributed by atoms with E-state index in [0.29, 0.717) is 5.56 Å². The molecule has 1 aliphatic rings. The van der Waals surface area contributed by atoms with E-state index >= 15 is 0 Å². The van der Waals surface area contributed by atoms with Crippen LogP contribution in [0.15, 0.2) is 36.4 Å². The number of phenols is 3. The molecular formula is C15H12O5. The van der Waals surface area contributed by atoms with Crippen LogP contribution in [0.5, 0.6) is 23.0 Å². The van der Waals surface area contributed by atoms with E-state index in [0.717, 1.165) is 6.07 Å². The SMILES string of the molecule is [2H]c1c(O)cc(O)c2c1O[C@H](c1ccc(O)cc1)CC2=O. The molecule has 5 nitrogen and oxygen atoms in total. The van der Waals surface area contributed by atoms with E-state index in [1.54, 1.807) is 12.1 Å². The van der Waals surface area contributed by atoms with Crippen LogP contribution in [0, 0.1) is 0 Å². The fourth-order valence-corrected chi connectivity index (χ4v) is 2.22. The number of ether oxygens (including phenoxy) is 1. The Morgan fingerprint density at radius 1 is 1.15 bits per heavy atom. The Labute approximate surface area is 116 Å². The molecule has 0 fully saturated rings. The molecule has 102 valence electrons. The lowest BCUT2D eigenvalue weighted by Crippen LogP contribution is -2.20. The molecule has 0 aliphatic carbocycles. The molecule has 2 aromatic carbocycles. The first-order valence-electron chi connectivity index (χ1n) is 6.51. The summed E-state index contributed by atoms with van der Waals surface area (Å²) < 4.78 is 13.4. The molecule has 0 bridgehead atoms. The van der Waals surface area contributed by atoms with E-state index in [4.69, 9.17) is 6.11 Å². The van der Waals surface area contributed by atoms with Crippen molar-refractivity contribution in [3.63, 3.8) is 0 Å². The minimum Gasteiger partial charge on any atom is -0.508 e. The van der Waals surface area contributed by atoms with Crippen molar-refractivity contribution in [3.8, 4) is 23.0 Å². The van der Waals surface area contributed by atoms with E-state index in [1.165, 1.54) is 12.1 Å². The van der Waals surface area contributed by atoms with Crippen LogP contribution in [0.4, 0.5) is 0 Å². The minimum absolute atomic E-state index is 0.00947. The molecular weight excluding hydrogens is 260 g/mol. The molecule has 3 N–H and O–H groups in total. The van der Waals surface area contributed by atoms with Crippen LogP contribution in [0.1, 0.15) is 29.8 Å². The molecule has 0 amide bonds. The Bertz CT molecular complexity index is 724. The Morgan fingerprint density at radius 3 is 2.55 bits per heavy atom. The largest absolute Gasteiger partial charge is 0.508 e. The summed E-state index contributed by atoms with van der Waals surface area (Å²) in [7, 11) is 0. The summed E-state index contributed by atoms with van der Waals surface area (Å²) in [6.45, 7) is 0. The number of fused-ring (bicyclic) bond motifs is 1. The van der Waals surface area contributed by atoms with Crippen LogP contribution < -0.4 is 4.74 Å². The van der Waals surface area contributed by atoms with Crippen LogP contribution in [0.2, 0.25) is 0 Å². The number of benzene rings is 2. The monoisotopic (exact) mass is 273 g/mol. The number of rotatable bonds is 1. The summed E-state index contributed by atoms with van der Waals surface area (Å²) >= 11 is 0. The predicted octanol–water partition coefficient (Wildman–Crippen LogP) is 2.51. The first-order valence-corrected chi connectivity index (χ1v) is 6.01. The summed E-state index contributed by atoms with van der Waals surface area (Å²) in [4.78, 5) is 12.2. The lowest BCUT2D eigenvalue weighted by molar-refractivity contribution is 0.0845. The Hall–Kier alpha value is -2.69. The van der Waals surface area contributed by atoms with Gasteiger partial charge in [-0.15, -0.1) is 0 Å². The van der Waals surface area contributed by atoms with Gasteiger partial charge in [-0.1, -0.05) is 12.1 Å². The Balaban J connectivity index is 2.06. The zero-order chi connectivity index (χ0) is 15.1. The first-order chi connectivity index (χ1) is 9.97. The quantitative estimate of drug-likeness (QED) is 0.743. The van der Waals surface area contributed by atoms with Crippen LogP contribution in [-0.4, -0.2) is 21.1 Å². The third-order valence-electron chi connectivity index (χ3n) is 3.17. The van der Waals surface area contributed by atoms with Crippen molar-refractivity contribution < 1.29 is 26.2 Å². The van der Waals surface area contributed by atoms with Gasteiger partial charge in [-0.2, -0.15) is 0 Å². The fourth-order valence-electron chi connectivity index (χ4n) is 2.22. The van der Waals surface area contributed by atoms with Gasteiger partial charge in [0, 0.05) is 12.1 Å². The Morgan fingerprint density at radius 2 is 1.85 bits per heavy atom. The van der Waals surface area contributed by atoms with E-state index in [2.05, 4.69) is 0 Å². The van der Waals surface area contributed by atoms with Gasteiger partial charge in [0.25, 0.3) is 0 Å². The third kappa shape index (κ3) is 2.03. The first kappa shape index (κ1) is 11.2. The lowest BCUT2D eigenvalue weighted by atomic mass is 9.95. The number of aromatic hydroxyl groups is 3. The van der Waals surface area contributed by atoms with Crippen LogP contribution in [0.25, 0.3) is 0 Å². The average Bonchev–Trinajstić information content (AvgIpc) is 2.44. The number of carbonyl (C=O) groups is 1. The molecule has 3 rings (SSSR count). The maximum atomic E-state index is 12.2. The fraction of sp³-hybridized carbons (Fsp3) is 0.133. The summed E-state index contributed by atoms with van der Waals surface area (Å²) in [5.74, 6) is -1.24. The van der Waals surface area contributed by atoms with Gasteiger partial charge < -0.3 is 20.1 Å². The zero-order valence-corrected chi connectivity index (χ0v) is 10.3. The highest BCUT2D eigenvalue weighted by Crippen LogP contribution is 2.41. The number of phenolic OH excluding ortho intramolecular Hbond substituents is 3. The van der Waals surface area contributed by atoms with Gasteiger partial charge in [0.05, 0.1) is 7.79 Å². The normalized spacial score (nSPS) is 18.1. The number of Topliss-reactive ketones (excluding diaryl/α,β-unsaturated/α-hetero) is 1. The van der Waals surface area contributed by atoms with Crippen molar-refractivity contribution in [3.05, 3.63) is 47.5 Å². The van der Waals surface area contributed by atoms with Crippen molar-refractivity contribution in [2.45, 2.75) is 12.5 Å². The van der Waals surface area contributed by atoms with Crippen LogP contribution in [-0.2, 0) is 0 Å². The highest BCUT2D eigenvalue weighted by molar-refractivity contribution is 6.02. The van der Waals surface area contributed by atoms with E-state index in [9.17, 15) is 20.1 Å². The number of ketones is 1. The number of hydrogen-bond acceptors (Lipinski definition) is 5. The van der Waals surface area contributed by atoms with Crippen molar-refractivity contribution in [2.24, 2.45) is 0 Å². The molecule has 0 saturated heterocycles. The van der Waals surface area contributed by atoms with Crippen molar-refractivity contribution in [1.82, 2.24) is 0 Å². The zero-order valence-electron chi connectivity index (χ0n) is 11.3. The van der Waals surface area contributed by atoms with E-state index in [1.807, 2.05) is 0 Å². The van der Waals surface area contributed by atoms with Crippen molar-refractivity contribution in [1.29, 1.82) is 0 Å². The average molecular weight is 273 g/mol. The van der Waals surface area contributed by atoms with Gasteiger partial charge in [0.2, 0.25) is 0 Å². The van der Waals surface area contributed by atoms with E-state index in [-0.39, 0.29) is 35.3 Å². The predicted molar refractivity (Wildman–Crippen MR) is 70.2 cm³/mol. The second-order valence-corrected chi connectivity index (χ2v) is 4.57. The van der Waals surface area contributed by atoms with Crippen molar-refractivity contribution in [2.75, 3.05) is 0 Å². The highest BCUT2D eigenvalue weighted by atomic mass is 16.5. The Kier molecular flexibility index (Phi) is 2.48. The second kappa shape index (κ2) is 4.45. The smallest absolute Gasteiger partial charge is 0.174 e. The molecule has 0 aromatic heterocycles. The van der Waals surface area contributed by atoms with Gasteiger partial charge in [-0.05, 0) is 17.7 Å². The van der Waals surface area contributed by atoms with E-state index < -0.39 is 17.6 Å². The molecule has 0 unspecified atom stereocenters. The molecule has 2 aromatic rings. The molecule has 20 heavy (non-hydrogen) atoms. The maximum absolute atomic E-state index is 12.2. The van der Waals surface area contributed by atoms with Crippen LogP contribution >= 0.6 is 0 Å². The number of hydrogen-bond donors (Lipinski definition) is 3. The molecule has 0 saturated carbocycles. The number of carbonyl (C=O) groups excluding carboxylic acids is 1. The van der Waals surface area contributed by atoms with Gasteiger partial charge in [0.1, 0.15) is 34.7 Å². The molecule has 0 spiro atoms. The summed E-state index contributed by atoms with van der Waals surface area (Å²) in [5.41, 5.74) is 0.585. The van der Waals surface area contributed by atoms with Gasteiger partial charge in [0.15, 0.2) is 5.78 Å². The minimum atomic E-state index is -0.629. The maximum Gasteiger partial charge on any atom is 0.174 e. The summed E-state index contributed by atoms with van der Waals surface area (Å²) in [6, 6.07) is 6.80. The van der Waals surface area contributed by atoms with Crippen LogP contribution in [0.3, 0.4) is 0 Å². The summed E-state index contributed by atoms with van der Waals surface area (Å²) in [5, 5.41) is 28.6. The topological polar surface area (TPSA) is 87.0 Å². The third-order valence-corrected chi connectivity index (χ3v) is 3.17. The molecule has 0 radical (unpaired) electrons. The molecule has 1 heterocycles.